The second-order valence-corrected chi connectivity index (χ2v) is 7.80. The van der Waals surface area contributed by atoms with E-state index in [2.05, 4.69) is 15.3 Å². The average molecular weight is 430 g/mol. The summed E-state index contributed by atoms with van der Waals surface area (Å²) in [6.07, 6.45) is -0.870. The smallest absolute Gasteiger partial charge is 0.347 e. The number of alkyl halides is 3. The lowest BCUT2D eigenvalue weighted by molar-refractivity contribution is -0.138. The van der Waals surface area contributed by atoms with E-state index in [1.165, 1.54) is 29.5 Å². The van der Waals surface area contributed by atoms with Crippen molar-refractivity contribution in [1.29, 1.82) is 0 Å². The van der Waals surface area contributed by atoms with Gasteiger partial charge in [0.15, 0.2) is 0 Å². The summed E-state index contributed by atoms with van der Waals surface area (Å²) in [4.78, 5) is 21.9. The lowest BCUT2D eigenvalue weighted by Crippen LogP contribution is -2.24. The van der Waals surface area contributed by atoms with E-state index >= 15 is 0 Å². The third kappa shape index (κ3) is 3.68. The van der Waals surface area contributed by atoms with Gasteiger partial charge >= 0.3 is 6.18 Å². The van der Waals surface area contributed by atoms with Crippen LogP contribution < -0.4 is 5.32 Å². The molecule has 0 unspecified atom stereocenters. The second-order valence-electron chi connectivity index (χ2n) is 6.80. The minimum Gasteiger partial charge on any atom is -0.347 e. The molecule has 1 aromatic carbocycles. The van der Waals surface area contributed by atoms with Crippen molar-refractivity contribution >= 4 is 28.3 Å². The number of halogens is 3. The number of carbonyl (C=O) groups is 1. The van der Waals surface area contributed by atoms with Crippen LogP contribution in [0.15, 0.2) is 48.8 Å². The molecular weight excluding hydrogens is 413 g/mol. The van der Waals surface area contributed by atoms with Crippen molar-refractivity contribution in [1.82, 2.24) is 19.9 Å². The Morgan fingerprint density at radius 2 is 1.97 bits per heavy atom. The molecule has 0 spiro atoms. The number of carbonyl (C=O) groups excluding carboxylic acids is 1. The van der Waals surface area contributed by atoms with Gasteiger partial charge in [0.2, 0.25) is 0 Å². The zero-order chi connectivity index (χ0) is 21.5. The van der Waals surface area contributed by atoms with E-state index < -0.39 is 17.6 Å². The third-order valence-electron chi connectivity index (χ3n) is 4.73. The van der Waals surface area contributed by atoms with Crippen LogP contribution in [0.4, 0.5) is 13.2 Å². The largest absolute Gasteiger partial charge is 0.416 e. The van der Waals surface area contributed by atoms with E-state index in [1.54, 1.807) is 13.1 Å². The number of hydrogen-bond acceptors (Lipinski definition) is 4. The summed E-state index contributed by atoms with van der Waals surface area (Å²) < 4.78 is 41.3. The number of benzene rings is 1. The summed E-state index contributed by atoms with van der Waals surface area (Å²) in [5.74, 6) is -0.452. The predicted octanol–water partition coefficient (Wildman–Crippen LogP) is 4.95. The van der Waals surface area contributed by atoms with Crippen LogP contribution in [0.1, 0.15) is 26.5 Å². The maximum atomic E-state index is 13.2. The molecule has 0 fully saturated rings. The Labute approximate surface area is 174 Å². The number of fused-ring (bicyclic) bond motifs is 1. The first-order valence-corrected chi connectivity index (χ1v) is 9.88. The van der Waals surface area contributed by atoms with Gasteiger partial charge < -0.3 is 9.88 Å². The van der Waals surface area contributed by atoms with Gasteiger partial charge in [0, 0.05) is 36.9 Å². The number of pyridine rings is 1. The lowest BCUT2D eigenvalue weighted by atomic mass is 10.1. The van der Waals surface area contributed by atoms with E-state index in [1.807, 2.05) is 29.9 Å². The van der Waals surface area contributed by atoms with Crippen molar-refractivity contribution in [2.75, 3.05) is 0 Å². The van der Waals surface area contributed by atoms with Crippen molar-refractivity contribution in [2.45, 2.75) is 19.6 Å². The number of amides is 1. The molecule has 30 heavy (non-hydrogen) atoms. The van der Waals surface area contributed by atoms with Gasteiger partial charge in [-0.2, -0.15) is 13.2 Å². The van der Waals surface area contributed by atoms with Crippen LogP contribution in [0.5, 0.6) is 0 Å². The maximum Gasteiger partial charge on any atom is 0.416 e. The standard InChI is InChI=1S/C21H17F3N4OS/c1-12-17(19(29)26-10-13-6-3-4-8-16(13)21(22,23)24)30-20(27-12)15-11-28(2)18-14(15)7-5-9-25-18/h3-9,11H,10H2,1-2H3,(H,26,29). The van der Waals surface area contributed by atoms with Crippen molar-refractivity contribution in [3.63, 3.8) is 0 Å². The number of aromatic nitrogens is 3. The maximum absolute atomic E-state index is 13.2. The molecule has 0 saturated carbocycles. The number of aryl methyl sites for hydroxylation is 2. The molecule has 154 valence electrons. The van der Waals surface area contributed by atoms with Gasteiger partial charge in [0.05, 0.1) is 11.3 Å². The molecule has 9 heteroatoms. The molecular formula is C21H17F3N4OS. The molecule has 0 saturated heterocycles. The Kier molecular flexibility index (Phi) is 5.07. The molecule has 1 amide bonds. The molecule has 1 N–H and O–H groups in total. The number of thiazole rings is 1. The Morgan fingerprint density at radius 1 is 1.20 bits per heavy atom. The number of hydrogen-bond donors (Lipinski definition) is 1. The van der Waals surface area contributed by atoms with E-state index in [9.17, 15) is 18.0 Å². The summed E-state index contributed by atoms with van der Waals surface area (Å²) in [5.41, 5.74) is 1.44. The van der Waals surface area contributed by atoms with Gasteiger partial charge in [-0.05, 0) is 30.7 Å². The molecule has 0 radical (unpaired) electrons. The Morgan fingerprint density at radius 3 is 2.73 bits per heavy atom. The minimum absolute atomic E-state index is 0.0147. The topological polar surface area (TPSA) is 59.8 Å². The Balaban J connectivity index is 1.59. The molecule has 3 aromatic heterocycles. The number of nitrogens with zero attached hydrogens (tertiary/aromatic N) is 3. The second kappa shape index (κ2) is 7.56. The van der Waals surface area contributed by atoms with E-state index in [-0.39, 0.29) is 12.1 Å². The fraction of sp³-hybridized carbons (Fsp3) is 0.190. The van der Waals surface area contributed by atoms with Crippen LogP contribution in [0.2, 0.25) is 0 Å². The first kappa shape index (κ1) is 20.1. The van der Waals surface area contributed by atoms with Gasteiger partial charge in [0.1, 0.15) is 15.5 Å². The first-order valence-electron chi connectivity index (χ1n) is 9.07. The SMILES string of the molecule is Cc1nc(-c2cn(C)c3ncccc23)sc1C(=O)NCc1ccccc1C(F)(F)F. The molecule has 0 aliphatic carbocycles. The van der Waals surface area contributed by atoms with E-state index in [0.29, 0.717) is 15.6 Å². The van der Waals surface area contributed by atoms with Gasteiger partial charge in [-0.3, -0.25) is 4.79 Å². The van der Waals surface area contributed by atoms with Gasteiger partial charge in [0.25, 0.3) is 5.91 Å². The summed E-state index contributed by atoms with van der Waals surface area (Å²) in [5, 5.41) is 4.17. The molecule has 0 aliphatic heterocycles. The van der Waals surface area contributed by atoms with E-state index in [4.69, 9.17) is 0 Å². The summed E-state index contributed by atoms with van der Waals surface area (Å²) in [6.45, 7) is 1.49. The quantitative estimate of drug-likeness (QED) is 0.498. The highest BCUT2D eigenvalue weighted by molar-refractivity contribution is 7.17. The number of rotatable bonds is 4. The van der Waals surface area contributed by atoms with Crippen LogP contribution >= 0.6 is 11.3 Å². The zero-order valence-corrected chi connectivity index (χ0v) is 16.9. The first-order chi connectivity index (χ1) is 14.3. The fourth-order valence-corrected chi connectivity index (χ4v) is 4.32. The molecule has 5 nitrogen and oxygen atoms in total. The minimum atomic E-state index is -4.47. The van der Waals surface area contributed by atoms with Gasteiger partial charge in [-0.25, -0.2) is 9.97 Å². The summed E-state index contributed by atoms with van der Waals surface area (Å²) in [6, 6.07) is 8.97. The highest BCUT2D eigenvalue weighted by Gasteiger charge is 2.33. The third-order valence-corrected chi connectivity index (χ3v) is 5.92. The van der Waals surface area contributed by atoms with Crippen LogP contribution in [0.25, 0.3) is 21.6 Å². The van der Waals surface area contributed by atoms with Crippen LogP contribution in [0, 0.1) is 6.92 Å². The highest BCUT2D eigenvalue weighted by atomic mass is 32.1. The molecule has 0 atom stereocenters. The Bertz CT molecular complexity index is 1240. The van der Waals surface area contributed by atoms with Crippen molar-refractivity contribution < 1.29 is 18.0 Å². The summed E-state index contributed by atoms with van der Waals surface area (Å²) >= 11 is 1.21. The van der Waals surface area contributed by atoms with Crippen LogP contribution in [-0.2, 0) is 19.8 Å². The van der Waals surface area contributed by atoms with Crippen molar-refractivity contribution in [2.24, 2.45) is 7.05 Å². The van der Waals surface area contributed by atoms with Crippen LogP contribution in [-0.4, -0.2) is 20.4 Å². The highest BCUT2D eigenvalue weighted by Crippen LogP contribution is 2.34. The summed E-state index contributed by atoms with van der Waals surface area (Å²) in [7, 11) is 1.88. The Hall–Kier alpha value is -3.20. The lowest BCUT2D eigenvalue weighted by Gasteiger charge is -2.13. The van der Waals surface area contributed by atoms with Gasteiger partial charge in [-0.1, -0.05) is 18.2 Å². The monoisotopic (exact) mass is 430 g/mol. The van der Waals surface area contributed by atoms with Crippen molar-refractivity contribution in [3.8, 4) is 10.6 Å². The fourth-order valence-electron chi connectivity index (χ4n) is 3.31. The number of nitrogens with one attached hydrogen (secondary N) is 1. The molecule has 0 bridgehead atoms. The molecule has 0 aliphatic rings. The van der Waals surface area contributed by atoms with Gasteiger partial charge in [-0.15, -0.1) is 11.3 Å². The van der Waals surface area contributed by atoms with Crippen molar-refractivity contribution in [3.05, 3.63) is 70.5 Å². The average Bonchev–Trinajstić information content (AvgIpc) is 3.26. The zero-order valence-electron chi connectivity index (χ0n) is 16.1. The predicted molar refractivity (Wildman–Crippen MR) is 109 cm³/mol. The molecule has 4 rings (SSSR count). The molecule has 4 aromatic rings. The normalized spacial score (nSPS) is 11.8. The van der Waals surface area contributed by atoms with Crippen LogP contribution in [0.3, 0.4) is 0 Å². The van der Waals surface area contributed by atoms with E-state index in [0.717, 1.165) is 22.7 Å². The molecule has 3 heterocycles.